The molecule has 0 amide bonds. The van der Waals surface area contributed by atoms with E-state index in [-0.39, 0.29) is 5.78 Å². The SMILES string of the molecule is CCCN[C@@H]1NCCC(C(=O)OCC)C1=O. The number of piperidine rings is 1. The Labute approximate surface area is 95.9 Å². The Morgan fingerprint density at radius 3 is 2.94 bits per heavy atom. The maximum absolute atomic E-state index is 11.9. The van der Waals surface area contributed by atoms with Crippen molar-refractivity contribution < 1.29 is 14.3 Å². The molecule has 0 aromatic rings. The smallest absolute Gasteiger partial charge is 0.316 e. The first kappa shape index (κ1) is 13.1. The third-order valence-corrected chi connectivity index (χ3v) is 2.58. The van der Waals surface area contributed by atoms with Gasteiger partial charge in [-0.05, 0) is 32.9 Å². The quantitative estimate of drug-likeness (QED) is 0.514. The molecule has 1 heterocycles. The van der Waals surface area contributed by atoms with Gasteiger partial charge in [0.2, 0.25) is 0 Å². The second-order valence-electron chi connectivity index (χ2n) is 3.84. The molecule has 5 heteroatoms. The zero-order valence-corrected chi connectivity index (χ0v) is 9.91. The number of hydrogen-bond donors (Lipinski definition) is 2. The van der Waals surface area contributed by atoms with Crippen molar-refractivity contribution in [1.82, 2.24) is 10.6 Å². The summed E-state index contributed by atoms with van der Waals surface area (Å²) >= 11 is 0. The van der Waals surface area contributed by atoms with Crippen LogP contribution in [0.2, 0.25) is 0 Å². The molecule has 1 fully saturated rings. The molecule has 2 atom stereocenters. The minimum Gasteiger partial charge on any atom is -0.465 e. The Hall–Kier alpha value is -0.940. The number of ketones is 1. The van der Waals surface area contributed by atoms with Gasteiger partial charge in [-0.2, -0.15) is 0 Å². The lowest BCUT2D eigenvalue weighted by atomic mass is 9.94. The summed E-state index contributed by atoms with van der Waals surface area (Å²) in [5, 5.41) is 6.14. The number of ether oxygens (including phenoxy) is 1. The van der Waals surface area contributed by atoms with Crippen molar-refractivity contribution in [3.8, 4) is 0 Å². The zero-order valence-electron chi connectivity index (χ0n) is 9.91. The highest BCUT2D eigenvalue weighted by molar-refractivity contribution is 6.02. The molecule has 5 nitrogen and oxygen atoms in total. The summed E-state index contributed by atoms with van der Waals surface area (Å²) in [6.07, 6.45) is 1.08. The lowest BCUT2D eigenvalue weighted by Gasteiger charge is -2.28. The molecular weight excluding hydrogens is 208 g/mol. The van der Waals surface area contributed by atoms with Crippen LogP contribution >= 0.6 is 0 Å². The Morgan fingerprint density at radius 1 is 1.56 bits per heavy atom. The molecule has 16 heavy (non-hydrogen) atoms. The minimum absolute atomic E-state index is 0.0989. The van der Waals surface area contributed by atoms with Gasteiger partial charge in [-0.15, -0.1) is 0 Å². The highest BCUT2D eigenvalue weighted by Gasteiger charge is 2.36. The van der Waals surface area contributed by atoms with Crippen LogP contribution in [0, 0.1) is 5.92 Å². The van der Waals surface area contributed by atoms with E-state index in [1.54, 1.807) is 6.92 Å². The van der Waals surface area contributed by atoms with Gasteiger partial charge in [0, 0.05) is 0 Å². The van der Waals surface area contributed by atoms with E-state index in [1.165, 1.54) is 0 Å². The van der Waals surface area contributed by atoms with Crippen LogP contribution in [0.4, 0.5) is 0 Å². The van der Waals surface area contributed by atoms with E-state index in [1.807, 2.05) is 6.92 Å². The first-order chi connectivity index (χ1) is 7.70. The molecule has 1 saturated heterocycles. The van der Waals surface area contributed by atoms with E-state index in [0.29, 0.717) is 19.6 Å². The first-order valence-corrected chi connectivity index (χ1v) is 5.87. The molecule has 1 rings (SSSR count). The molecule has 1 aliphatic rings. The summed E-state index contributed by atoms with van der Waals surface area (Å²) in [5.74, 6) is -1.09. The van der Waals surface area contributed by atoms with Crippen LogP contribution in [-0.2, 0) is 14.3 Å². The molecule has 0 aromatic heterocycles. The van der Waals surface area contributed by atoms with Crippen molar-refractivity contribution in [2.45, 2.75) is 32.9 Å². The number of carbonyl (C=O) groups is 2. The number of rotatable bonds is 5. The number of carbonyl (C=O) groups excluding carboxylic acids is 2. The van der Waals surface area contributed by atoms with Gasteiger partial charge in [0.05, 0.1) is 6.61 Å². The third-order valence-electron chi connectivity index (χ3n) is 2.58. The van der Waals surface area contributed by atoms with Crippen molar-refractivity contribution in [1.29, 1.82) is 0 Å². The second-order valence-corrected chi connectivity index (χ2v) is 3.84. The summed E-state index contributed by atoms with van der Waals surface area (Å²) in [6.45, 7) is 5.53. The van der Waals surface area contributed by atoms with Crippen molar-refractivity contribution in [3.05, 3.63) is 0 Å². The van der Waals surface area contributed by atoms with E-state index >= 15 is 0 Å². The van der Waals surface area contributed by atoms with Crippen molar-refractivity contribution in [2.24, 2.45) is 5.92 Å². The maximum Gasteiger partial charge on any atom is 0.316 e. The van der Waals surface area contributed by atoms with E-state index in [4.69, 9.17) is 4.74 Å². The molecule has 0 spiro atoms. The van der Waals surface area contributed by atoms with E-state index in [9.17, 15) is 9.59 Å². The third kappa shape index (κ3) is 3.28. The van der Waals surface area contributed by atoms with Crippen LogP contribution in [-0.4, -0.2) is 37.6 Å². The molecular formula is C11H20N2O3. The normalized spacial score (nSPS) is 25.5. The standard InChI is InChI=1S/C11H20N2O3/c1-3-6-12-10-9(14)8(5-7-13-10)11(15)16-4-2/h8,10,12-13H,3-7H2,1-2H3/t8?,10-/m1/s1. The van der Waals surface area contributed by atoms with Crippen LogP contribution in [0.25, 0.3) is 0 Å². The van der Waals surface area contributed by atoms with E-state index in [2.05, 4.69) is 10.6 Å². The molecule has 0 radical (unpaired) electrons. The monoisotopic (exact) mass is 228 g/mol. The first-order valence-electron chi connectivity index (χ1n) is 5.87. The average Bonchev–Trinajstić information content (AvgIpc) is 2.28. The summed E-state index contributed by atoms with van der Waals surface area (Å²) in [5.41, 5.74) is 0. The molecule has 0 bridgehead atoms. The van der Waals surface area contributed by atoms with Crippen LogP contribution in [0.15, 0.2) is 0 Å². The van der Waals surface area contributed by atoms with Gasteiger partial charge in [-0.3, -0.25) is 20.2 Å². The molecule has 2 N–H and O–H groups in total. The summed E-state index contributed by atoms with van der Waals surface area (Å²) < 4.78 is 4.89. The van der Waals surface area contributed by atoms with Gasteiger partial charge in [-0.25, -0.2) is 0 Å². The molecule has 0 aliphatic carbocycles. The van der Waals surface area contributed by atoms with Crippen LogP contribution in [0.5, 0.6) is 0 Å². The predicted molar refractivity (Wildman–Crippen MR) is 59.8 cm³/mol. The topological polar surface area (TPSA) is 67.4 Å². The highest BCUT2D eigenvalue weighted by Crippen LogP contribution is 2.13. The number of esters is 1. The molecule has 1 unspecified atom stereocenters. The van der Waals surface area contributed by atoms with Crippen molar-refractivity contribution in [2.75, 3.05) is 19.7 Å². The highest BCUT2D eigenvalue weighted by atomic mass is 16.5. The zero-order chi connectivity index (χ0) is 12.0. The Morgan fingerprint density at radius 2 is 2.31 bits per heavy atom. The summed E-state index contributed by atoms with van der Waals surface area (Å²) in [4.78, 5) is 23.5. The van der Waals surface area contributed by atoms with Crippen LogP contribution in [0.3, 0.4) is 0 Å². The van der Waals surface area contributed by atoms with Gasteiger partial charge in [0.25, 0.3) is 0 Å². The maximum atomic E-state index is 11.9. The van der Waals surface area contributed by atoms with E-state index < -0.39 is 18.1 Å². The fourth-order valence-corrected chi connectivity index (χ4v) is 1.75. The van der Waals surface area contributed by atoms with Gasteiger partial charge in [0.1, 0.15) is 12.1 Å². The molecule has 0 saturated carbocycles. The lowest BCUT2D eigenvalue weighted by molar-refractivity contribution is -0.153. The van der Waals surface area contributed by atoms with Crippen molar-refractivity contribution in [3.63, 3.8) is 0 Å². The average molecular weight is 228 g/mol. The number of Topliss-reactive ketones (excluding diaryl/α,β-unsaturated/α-hetero) is 1. The van der Waals surface area contributed by atoms with Gasteiger partial charge in [-0.1, -0.05) is 6.92 Å². The molecule has 92 valence electrons. The predicted octanol–water partition coefficient (Wildman–Crippen LogP) is 0.0538. The molecule has 1 aliphatic heterocycles. The Bertz CT molecular complexity index is 256. The Kier molecular flexibility index (Phi) is 5.42. The lowest BCUT2D eigenvalue weighted by Crippen LogP contribution is -2.56. The second kappa shape index (κ2) is 6.60. The van der Waals surface area contributed by atoms with Gasteiger partial charge in [0.15, 0.2) is 5.78 Å². The van der Waals surface area contributed by atoms with Gasteiger partial charge < -0.3 is 4.74 Å². The molecule has 0 aromatic carbocycles. The fraction of sp³-hybridized carbons (Fsp3) is 0.818. The van der Waals surface area contributed by atoms with Gasteiger partial charge >= 0.3 is 5.97 Å². The number of nitrogens with one attached hydrogen (secondary N) is 2. The fourth-order valence-electron chi connectivity index (χ4n) is 1.75. The number of hydrogen-bond acceptors (Lipinski definition) is 5. The Balaban J connectivity index is 2.53. The van der Waals surface area contributed by atoms with Crippen LogP contribution < -0.4 is 10.6 Å². The van der Waals surface area contributed by atoms with E-state index in [0.717, 1.165) is 13.0 Å². The summed E-state index contributed by atoms with van der Waals surface area (Å²) in [6, 6.07) is 0. The largest absolute Gasteiger partial charge is 0.465 e. The summed E-state index contributed by atoms with van der Waals surface area (Å²) in [7, 11) is 0. The minimum atomic E-state index is -0.601. The van der Waals surface area contributed by atoms with Crippen LogP contribution in [0.1, 0.15) is 26.7 Å². The van der Waals surface area contributed by atoms with Crippen molar-refractivity contribution >= 4 is 11.8 Å².